The van der Waals surface area contributed by atoms with Crippen LogP contribution in [0.15, 0.2) is 53.3 Å². The van der Waals surface area contributed by atoms with E-state index in [0.29, 0.717) is 47.0 Å². The van der Waals surface area contributed by atoms with Gasteiger partial charge in [0.15, 0.2) is 17.8 Å². The molecule has 1 atom stereocenters. The van der Waals surface area contributed by atoms with Crippen LogP contribution in [0.5, 0.6) is 0 Å². The summed E-state index contributed by atoms with van der Waals surface area (Å²) in [6.07, 6.45) is -7.71. The Morgan fingerprint density at radius 1 is 1.12 bits per heavy atom. The van der Waals surface area contributed by atoms with Gasteiger partial charge in [0, 0.05) is 22.5 Å². The van der Waals surface area contributed by atoms with Gasteiger partial charge < -0.3 is 15.2 Å². The van der Waals surface area contributed by atoms with Crippen LogP contribution in [0.1, 0.15) is 12.7 Å². The number of nitrogens with zero attached hydrogens (tertiary/aromatic N) is 6. The van der Waals surface area contributed by atoms with Crippen molar-refractivity contribution in [1.29, 1.82) is 0 Å². The lowest BCUT2D eigenvalue weighted by atomic mass is 9.89. The molecule has 40 heavy (non-hydrogen) atoms. The van der Waals surface area contributed by atoms with E-state index in [1.165, 1.54) is 28.9 Å². The number of benzene rings is 2. The van der Waals surface area contributed by atoms with E-state index in [2.05, 4.69) is 27.4 Å². The summed E-state index contributed by atoms with van der Waals surface area (Å²) in [7, 11) is 0. The van der Waals surface area contributed by atoms with Crippen LogP contribution >= 0.6 is 23.2 Å². The van der Waals surface area contributed by atoms with E-state index in [0.717, 1.165) is 9.25 Å². The largest absolute Gasteiger partial charge is 0.416 e. The molecule has 0 radical (unpaired) electrons. The summed E-state index contributed by atoms with van der Waals surface area (Å²) in [5.41, 5.74) is -0.105. The van der Waals surface area contributed by atoms with E-state index < -0.39 is 24.5 Å². The molecule has 0 spiro atoms. The number of rotatable bonds is 9. The second-order valence-corrected chi connectivity index (χ2v) is 10.7. The summed E-state index contributed by atoms with van der Waals surface area (Å²) in [6.45, 7) is 2.44. The number of alkyl halides is 3. The van der Waals surface area contributed by atoms with Gasteiger partial charge >= 0.3 is 11.9 Å². The van der Waals surface area contributed by atoms with Crippen molar-refractivity contribution in [3.05, 3.63) is 74.9 Å². The maximum absolute atomic E-state index is 13.3. The number of nitrogens with one attached hydrogen (secondary N) is 1. The van der Waals surface area contributed by atoms with E-state index in [1.54, 1.807) is 24.3 Å². The van der Waals surface area contributed by atoms with Crippen molar-refractivity contribution in [2.75, 3.05) is 25.1 Å². The van der Waals surface area contributed by atoms with E-state index in [-0.39, 0.29) is 23.6 Å². The molecule has 0 amide bonds. The molecule has 2 N–H and O–H groups in total. The van der Waals surface area contributed by atoms with Crippen molar-refractivity contribution in [2.45, 2.75) is 32.3 Å². The Morgan fingerprint density at radius 2 is 1.82 bits per heavy atom. The van der Waals surface area contributed by atoms with Crippen LogP contribution in [0.4, 0.5) is 19.1 Å². The number of aromatic nitrogens is 6. The van der Waals surface area contributed by atoms with Gasteiger partial charge in [-0.1, -0.05) is 42.3 Å². The predicted octanol–water partition coefficient (Wildman–Crippen LogP) is 4.02. The first-order valence-electron chi connectivity index (χ1n) is 12.1. The number of para-hydroxylation sites is 1. The van der Waals surface area contributed by atoms with Gasteiger partial charge in [-0.15, -0.1) is 10.2 Å². The first kappa shape index (κ1) is 28.1. The normalized spacial score (nSPS) is 15.6. The summed E-state index contributed by atoms with van der Waals surface area (Å²) in [5, 5.41) is 22.6. The number of hydrogen-bond donors (Lipinski definition) is 2. The second kappa shape index (κ2) is 10.9. The van der Waals surface area contributed by atoms with Crippen LogP contribution in [0.25, 0.3) is 17.1 Å². The van der Waals surface area contributed by atoms with E-state index in [1.807, 2.05) is 0 Å². The molecule has 1 saturated heterocycles. The number of halogens is 5. The molecule has 1 fully saturated rings. The molecule has 0 unspecified atom stereocenters. The summed E-state index contributed by atoms with van der Waals surface area (Å²) in [4.78, 5) is 17.8. The van der Waals surface area contributed by atoms with Crippen molar-refractivity contribution < 1.29 is 23.0 Å². The van der Waals surface area contributed by atoms with Crippen molar-refractivity contribution in [1.82, 2.24) is 29.1 Å². The molecule has 1 aliphatic rings. The predicted molar refractivity (Wildman–Crippen MR) is 142 cm³/mol. The van der Waals surface area contributed by atoms with Crippen LogP contribution in [-0.2, 0) is 17.8 Å². The van der Waals surface area contributed by atoms with E-state index in [9.17, 15) is 23.1 Å². The number of hydrogen-bond acceptors (Lipinski definition) is 7. The quantitative estimate of drug-likeness (QED) is 0.300. The fraction of sp³-hybridized carbons (Fsp3) is 0.360. The number of anilines is 1. The zero-order valence-electron chi connectivity index (χ0n) is 21.1. The lowest BCUT2D eigenvalue weighted by Crippen LogP contribution is -2.45. The molecule has 15 heteroatoms. The van der Waals surface area contributed by atoms with Gasteiger partial charge in [0.25, 0.3) is 0 Å². The Balaban J connectivity index is 1.52. The highest BCUT2D eigenvalue weighted by Gasteiger charge is 2.39. The van der Waals surface area contributed by atoms with Crippen molar-refractivity contribution >= 4 is 29.2 Å². The van der Waals surface area contributed by atoms with Gasteiger partial charge in [-0.25, -0.2) is 9.48 Å². The average molecular weight is 598 g/mol. The first-order chi connectivity index (χ1) is 18.9. The van der Waals surface area contributed by atoms with Crippen LogP contribution in [0.3, 0.4) is 0 Å². The summed E-state index contributed by atoms with van der Waals surface area (Å²) in [5.74, 6) is 0.434. The maximum atomic E-state index is 13.3. The summed E-state index contributed by atoms with van der Waals surface area (Å²) >= 11 is 12.4. The summed E-state index contributed by atoms with van der Waals surface area (Å²) < 4.78 is 48.1. The SMILES string of the molecule is CC1(CNc2nc(Cn3nc(-c4ccc(Cl)cc4)n(C[C@H](O)C(F)(F)F)c3=O)nn2-c2ccccc2Cl)COC1. The maximum Gasteiger partial charge on any atom is 0.416 e. The van der Waals surface area contributed by atoms with Gasteiger partial charge in [-0.2, -0.15) is 22.8 Å². The lowest BCUT2D eigenvalue weighted by molar-refractivity contribution is -0.207. The molecule has 0 aliphatic carbocycles. The average Bonchev–Trinajstić information content (AvgIpc) is 3.42. The third-order valence-corrected chi connectivity index (χ3v) is 6.93. The molecule has 212 valence electrons. The summed E-state index contributed by atoms with van der Waals surface area (Å²) in [6, 6.07) is 13.1. The lowest BCUT2D eigenvalue weighted by Gasteiger charge is -2.38. The van der Waals surface area contributed by atoms with Crippen LogP contribution in [0.2, 0.25) is 10.0 Å². The highest BCUT2D eigenvalue weighted by molar-refractivity contribution is 6.32. The molecule has 2 aromatic heterocycles. The minimum atomic E-state index is -4.93. The molecule has 3 heterocycles. The van der Waals surface area contributed by atoms with Crippen LogP contribution in [0, 0.1) is 5.41 Å². The van der Waals surface area contributed by atoms with Gasteiger partial charge in [0.2, 0.25) is 5.95 Å². The molecule has 1 aliphatic heterocycles. The van der Waals surface area contributed by atoms with Crippen molar-refractivity contribution in [2.24, 2.45) is 5.41 Å². The molecule has 10 nitrogen and oxygen atoms in total. The first-order valence-corrected chi connectivity index (χ1v) is 12.9. The van der Waals surface area contributed by atoms with Crippen molar-refractivity contribution in [3.63, 3.8) is 0 Å². The number of aliphatic hydroxyl groups is 1. The van der Waals surface area contributed by atoms with E-state index in [4.69, 9.17) is 27.9 Å². The van der Waals surface area contributed by atoms with Crippen LogP contribution < -0.4 is 11.0 Å². The van der Waals surface area contributed by atoms with Gasteiger partial charge in [0.1, 0.15) is 6.54 Å². The minimum Gasteiger partial charge on any atom is -0.382 e. The molecule has 4 aromatic rings. The molecular weight excluding hydrogens is 574 g/mol. The highest BCUT2D eigenvalue weighted by Crippen LogP contribution is 2.28. The monoisotopic (exact) mass is 597 g/mol. The Kier molecular flexibility index (Phi) is 7.66. The zero-order chi connectivity index (χ0) is 28.7. The van der Waals surface area contributed by atoms with Crippen molar-refractivity contribution in [3.8, 4) is 17.1 Å². The third-order valence-electron chi connectivity index (χ3n) is 6.36. The van der Waals surface area contributed by atoms with Gasteiger partial charge in [-0.05, 0) is 36.4 Å². The molecule has 2 aromatic carbocycles. The molecule has 0 saturated carbocycles. The number of ether oxygens (including phenoxy) is 1. The minimum absolute atomic E-state index is 0.0771. The topological polar surface area (TPSA) is 112 Å². The van der Waals surface area contributed by atoms with Crippen LogP contribution in [-0.4, -0.2) is 66.3 Å². The zero-order valence-corrected chi connectivity index (χ0v) is 22.6. The smallest absolute Gasteiger partial charge is 0.382 e. The molecular formula is C25H24Cl2F3N7O3. The standard InChI is InChI=1S/C25H24Cl2F3N7O3/c1-24(13-40-14-24)12-31-22-32-20(33-37(22)18-5-3-2-4-17(18)27)11-36-23(39)35(10-19(38)25(28,29)30)21(34-36)15-6-8-16(26)9-7-15/h2-9,19,38H,10-14H2,1H3,(H,31,32,33)/t19-/m0/s1. The van der Waals surface area contributed by atoms with Gasteiger partial charge in [0.05, 0.1) is 30.5 Å². The number of aliphatic hydroxyl groups excluding tert-OH is 1. The fourth-order valence-corrected chi connectivity index (χ4v) is 4.45. The Bertz CT molecular complexity index is 1560. The third kappa shape index (κ3) is 5.87. The second-order valence-electron chi connectivity index (χ2n) is 9.81. The Labute approximate surface area is 235 Å². The highest BCUT2D eigenvalue weighted by atomic mass is 35.5. The molecule has 0 bridgehead atoms. The molecule has 5 rings (SSSR count). The van der Waals surface area contributed by atoms with Gasteiger partial charge in [-0.3, -0.25) is 4.57 Å². The van der Waals surface area contributed by atoms with E-state index >= 15 is 0 Å². The Hall–Kier alpha value is -3.39. The Morgan fingerprint density at radius 3 is 2.45 bits per heavy atom. The fourth-order valence-electron chi connectivity index (χ4n) is 4.10.